The molecular weight excluding hydrogens is 499 g/mol. The molecule has 1 aliphatic heterocycles. The second kappa shape index (κ2) is 9.91. The van der Waals surface area contributed by atoms with E-state index >= 15 is 0 Å². The van der Waals surface area contributed by atoms with Crippen molar-refractivity contribution >= 4 is 51.9 Å². The fourth-order valence-electron chi connectivity index (χ4n) is 3.34. The largest absolute Gasteiger partial charge is 0.367 e. The van der Waals surface area contributed by atoms with Crippen LogP contribution < -0.4 is 20.4 Å². The molecule has 1 saturated heterocycles. The maximum absolute atomic E-state index is 14.1. The number of piperazine rings is 1. The lowest BCUT2D eigenvalue weighted by Crippen LogP contribution is -2.47. The quantitative estimate of drug-likeness (QED) is 0.251. The van der Waals surface area contributed by atoms with E-state index in [-0.39, 0.29) is 37.2 Å². The first-order valence-electron chi connectivity index (χ1n) is 10.2. The third-order valence-electron chi connectivity index (χ3n) is 5.24. The highest BCUT2D eigenvalue weighted by Crippen LogP contribution is 2.33. The second-order valence-electron chi connectivity index (χ2n) is 8.72. The third kappa shape index (κ3) is 5.35. The number of halogens is 6. The molecule has 12 heteroatoms. The van der Waals surface area contributed by atoms with Gasteiger partial charge in [-0.1, -0.05) is 32.4 Å². The molecule has 0 bridgehead atoms. The van der Waals surface area contributed by atoms with Gasteiger partial charge in [0.1, 0.15) is 5.69 Å². The van der Waals surface area contributed by atoms with E-state index in [9.17, 15) is 26.7 Å². The highest BCUT2D eigenvalue weighted by atomic mass is 35.5. The van der Waals surface area contributed by atoms with Crippen LogP contribution in [0.2, 0.25) is 5.02 Å². The molecule has 34 heavy (non-hydrogen) atoms. The van der Waals surface area contributed by atoms with Crippen molar-refractivity contribution < 1.29 is 26.7 Å². The Hall–Kier alpha value is -2.66. The number of nitrogens with one attached hydrogen (secondary N) is 2. The molecule has 2 aromatic rings. The van der Waals surface area contributed by atoms with E-state index in [1.165, 1.54) is 0 Å². The fraction of sp³-hybridized carbons (Fsp3) is 0.364. The molecule has 0 radical (unpaired) electrons. The number of hydrogen-bond acceptors (Lipinski definition) is 4. The lowest BCUT2D eigenvalue weighted by atomic mass is 9.96. The standard InChI is InChI=1S/C22H22ClF5N4OS/c1-22(2,3)20(33)30-21(34)29-11-4-5-13(12(23)10-11)31-6-8-32(9-7-31)19-17(27)15(25)14(24)16(26)18(19)28/h4-5,10H,6-9H2,1-3H3,(H2,29,30,33,34). The minimum absolute atomic E-state index is 0.0115. The van der Waals surface area contributed by atoms with Gasteiger partial charge in [-0.15, -0.1) is 0 Å². The summed E-state index contributed by atoms with van der Waals surface area (Å²) in [6, 6.07) is 4.99. The molecule has 0 atom stereocenters. The molecule has 0 spiro atoms. The van der Waals surface area contributed by atoms with Gasteiger partial charge in [0.25, 0.3) is 0 Å². The highest BCUT2D eigenvalue weighted by Gasteiger charge is 2.31. The summed E-state index contributed by atoms with van der Waals surface area (Å²) in [5.41, 5.74) is -0.401. The predicted molar refractivity (Wildman–Crippen MR) is 126 cm³/mol. The van der Waals surface area contributed by atoms with E-state index in [0.717, 1.165) is 4.90 Å². The van der Waals surface area contributed by atoms with E-state index in [4.69, 9.17) is 23.8 Å². The van der Waals surface area contributed by atoms with Crippen molar-refractivity contribution in [1.82, 2.24) is 5.32 Å². The SMILES string of the molecule is CC(C)(C)C(=O)NC(=S)Nc1ccc(N2CCN(c3c(F)c(F)c(F)c(F)c3F)CC2)c(Cl)c1. The predicted octanol–water partition coefficient (Wildman–Crippen LogP) is 5.22. The summed E-state index contributed by atoms with van der Waals surface area (Å²) in [5, 5.41) is 5.92. The number of carbonyl (C=O) groups is 1. The highest BCUT2D eigenvalue weighted by molar-refractivity contribution is 7.80. The smallest absolute Gasteiger partial charge is 0.231 e. The van der Waals surface area contributed by atoms with Crippen LogP contribution in [-0.4, -0.2) is 37.2 Å². The van der Waals surface area contributed by atoms with Crippen molar-refractivity contribution in [2.45, 2.75) is 20.8 Å². The van der Waals surface area contributed by atoms with Crippen molar-refractivity contribution in [2.75, 3.05) is 41.3 Å². The van der Waals surface area contributed by atoms with E-state index in [1.54, 1.807) is 39.0 Å². The first kappa shape index (κ1) is 26.0. The van der Waals surface area contributed by atoms with E-state index in [0.29, 0.717) is 16.4 Å². The normalized spacial score (nSPS) is 14.3. The van der Waals surface area contributed by atoms with E-state index < -0.39 is 40.2 Å². The zero-order chi connectivity index (χ0) is 25.4. The zero-order valence-electron chi connectivity index (χ0n) is 18.5. The Morgan fingerprint density at radius 1 is 0.912 bits per heavy atom. The minimum atomic E-state index is -2.18. The lowest BCUT2D eigenvalue weighted by Gasteiger charge is -2.38. The third-order valence-corrected chi connectivity index (χ3v) is 5.74. The summed E-state index contributed by atoms with van der Waals surface area (Å²) in [7, 11) is 0. The van der Waals surface area contributed by atoms with Crippen LogP contribution in [0.1, 0.15) is 20.8 Å². The molecule has 3 rings (SSSR count). The van der Waals surface area contributed by atoms with Gasteiger partial charge in [0.15, 0.2) is 28.4 Å². The molecule has 1 heterocycles. The first-order valence-corrected chi connectivity index (χ1v) is 11.0. The van der Waals surface area contributed by atoms with Crippen LogP contribution in [0.3, 0.4) is 0 Å². The summed E-state index contributed by atoms with van der Waals surface area (Å²) < 4.78 is 68.7. The number of rotatable bonds is 3. The molecule has 0 unspecified atom stereocenters. The maximum atomic E-state index is 14.1. The Kier molecular flexibility index (Phi) is 7.56. The zero-order valence-corrected chi connectivity index (χ0v) is 20.1. The average Bonchev–Trinajstić information content (AvgIpc) is 2.76. The van der Waals surface area contributed by atoms with Gasteiger partial charge >= 0.3 is 0 Å². The van der Waals surface area contributed by atoms with Crippen LogP contribution in [0.4, 0.5) is 39.0 Å². The number of thiocarbonyl (C=S) groups is 1. The van der Waals surface area contributed by atoms with Crippen LogP contribution in [0.5, 0.6) is 0 Å². The van der Waals surface area contributed by atoms with E-state index in [1.807, 2.05) is 4.90 Å². The maximum Gasteiger partial charge on any atom is 0.231 e. The van der Waals surface area contributed by atoms with Gasteiger partial charge in [-0.25, -0.2) is 22.0 Å². The van der Waals surface area contributed by atoms with Gasteiger partial charge in [-0.2, -0.15) is 0 Å². The van der Waals surface area contributed by atoms with Crippen molar-refractivity contribution in [1.29, 1.82) is 0 Å². The van der Waals surface area contributed by atoms with Crippen molar-refractivity contribution in [3.05, 3.63) is 52.3 Å². The number of carbonyl (C=O) groups excluding carboxylic acids is 1. The molecule has 0 saturated carbocycles. The van der Waals surface area contributed by atoms with Gasteiger partial charge < -0.3 is 20.4 Å². The van der Waals surface area contributed by atoms with Gasteiger partial charge in [0.2, 0.25) is 11.7 Å². The van der Waals surface area contributed by atoms with Gasteiger partial charge in [-0.3, -0.25) is 4.79 Å². The number of benzene rings is 2. The summed E-state index contributed by atoms with van der Waals surface area (Å²) >= 11 is 11.5. The summed E-state index contributed by atoms with van der Waals surface area (Å²) in [6.07, 6.45) is 0. The summed E-state index contributed by atoms with van der Waals surface area (Å²) in [4.78, 5) is 15.0. The number of nitrogens with zero attached hydrogens (tertiary/aromatic N) is 2. The molecule has 0 aliphatic carbocycles. The van der Waals surface area contributed by atoms with Crippen LogP contribution in [0, 0.1) is 34.5 Å². The molecule has 2 N–H and O–H groups in total. The number of amides is 1. The Bertz CT molecular complexity index is 1100. The van der Waals surface area contributed by atoms with Gasteiger partial charge in [0.05, 0.1) is 10.7 Å². The van der Waals surface area contributed by atoms with Crippen molar-refractivity contribution in [3.63, 3.8) is 0 Å². The molecule has 1 fully saturated rings. The summed E-state index contributed by atoms with van der Waals surface area (Å²) in [6.45, 7) is 5.74. The second-order valence-corrected chi connectivity index (χ2v) is 9.53. The van der Waals surface area contributed by atoms with Crippen LogP contribution in [-0.2, 0) is 4.79 Å². The molecule has 0 aromatic heterocycles. The van der Waals surface area contributed by atoms with Crippen molar-refractivity contribution in [2.24, 2.45) is 5.41 Å². The van der Waals surface area contributed by atoms with Gasteiger partial charge in [-0.05, 0) is 30.4 Å². The summed E-state index contributed by atoms with van der Waals surface area (Å²) in [5.74, 6) is -10.1. The average molecular weight is 521 g/mol. The minimum Gasteiger partial charge on any atom is -0.367 e. The molecule has 1 amide bonds. The monoisotopic (exact) mass is 520 g/mol. The number of hydrogen-bond donors (Lipinski definition) is 2. The van der Waals surface area contributed by atoms with Crippen molar-refractivity contribution in [3.8, 4) is 0 Å². The number of anilines is 3. The van der Waals surface area contributed by atoms with E-state index in [2.05, 4.69) is 10.6 Å². The Labute approximate surface area is 203 Å². The first-order chi connectivity index (χ1) is 15.8. The van der Waals surface area contributed by atoms with Crippen LogP contribution >= 0.6 is 23.8 Å². The Balaban J connectivity index is 1.68. The van der Waals surface area contributed by atoms with Crippen LogP contribution in [0.15, 0.2) is 18.2 Å². The van der Waals surface area contributed by atoms with Crippen LogP contribution in [0.25, 0.3) is 0 Å². The van der Waals surface area contributed by atoms with Gasteiger partial charge in [0, 0.05) is 37.3 Å². The lowest BCUT2D eigenvalue weighted by molar-refractivity contribution is -0.126. The topological polar surface area (TPSA) is 47.6 Å². The molecular formula is C22H22ClF5N4OS. The fourth-order valence-corrected chi connectivity index (χ4v) is 3.85. The molecule has 184 valence electrons. The Morgan fingerprint density at radius 3 is 1.91 bits per heavy atom. The Morgan fingerprint density at radius 2 is 1.41 bits per heavy atom. The molecule has 2 aromatic carbocycles. The molecule has 1 aliphatic rings. The molecule has 5 nitrogen and oxygen atoms in total.